The highest BCUT2D eigenvalue weighted by Crippen LogP contribution is 2.31. The van der Waals surface area contributed by atoms with Gasteiger partial charge in [-0.05, 0) is 60.9 Å². The van der Waals surface area contributed by atoms with Crippen LogP contribution in [0.3, 0.4) is 0 Å². The van der Waals surface area contributed by atoms with Gasteiger partial charge in [-0.3, -0.25) is 14.9 Å². The largest absolute Gasteiger partial charge is 0.478 e. The molecule has 0 aromatic heterocycles. The van der Waals surface area contributed by atoms with Gasteiger partial charge in [-0.25, -0.2) is 9.80 Å². The Morgan fingerprint density at radius 1 is 1.23 bits per heavy atom. The lowest BCUT2D eigenvalue weighted by Crippen LogP contribution is -2.28. The number of amides is 1. The van der Waals surface area contributed by atoms with Gasteiger partial charge in [0.1, 0.15) is 0 Å². The monoisotopic (exact) mass is 485 g/mol. The summed E-state index contributed by atoms with van der Waals surface area (Å²) in [7, 11) is 0. The van der Waals surface area contributed by atoms with Crippen molar-refractivity contribution in [2.24, 2.45) is 11.0 Å². The van der Waals surface area contributed by atoms with Crippen LogP contribution in [0.4, 0.5) is 11.4 Å². The predicted octanol–water partition coefficient (Wildman–Crippen LogP) is 5.03. The molecule has 0 saturated heterocycles. The van der Waals surface area contributed by atoms with E-state index >= 15 is 0 Å². The summed E-state index contributed by atoms with van der Waals surface area (Å²) in [5.41, 5.74) is 1.72. The second kappa shape index (κ2) is 9.65. The summed E-state index contributed by atoms with van der Waals surface area (Å²) in [4.78, 5) is 35.3. The second-order valence-electron chi connectivity index (χ2n) is 7.05. The van der Waals surface area contributed by atoms with E-state index < -0.39 is 16.8 Å². The SMILES string of the molecule is CCCC1=NN(c2ccc(Br)cc2)C(=O)C1CC(=Cc1ccc([N+](=O)[O-])cc1)C(=O)O. The zero-order valence-corrected chi connectivity index (χ0v) is 18.3. The Bertz CT molecular complexity index is 1060. The number of non-ortho nitro benzene ring substituents is 1. The Labute approximate surface area is 187 Å². The number of halogens is 1. The van der Waals surface area contributed by atoms with Crippen LogP contribution in [0.15, 0.2) is 63.7 Å². The third kappa shape index (κ3) is 5.24. The first kappa shape index (κ1) is 22.4. The molecule has 0 bridgehead atoms. The number of hydrogen-bond acceptors (Lipinski definition) is 5. The molecule has 1 aliphatic rings. The quantitative estimate of drug-likeness (QED) is 0.319. The molecule has 0 fully saturated rings. The van der Waals surface area contributed by atoms with Crippen molar-refractivity contribution in [2.45, 2.75) is 26.2 Å². The van der Waals surface area contributed by atoms with Crippen LogP contribution < -0.4 is 5.01 Å². The van der Waals surface area contributed by atoms with E-state index in [-0.39, 0.29) is 23.6 Å². The molecule has 31 heavy (non-hydrogen) atoms. The van der Waals surface area contributed by atoms with Crippen LogP contribution in [-0.4, -0.2) is 27.6 Å². The molecule has 1 N–H and O–H groups in total. The molecule has 1 aliphatic heterocycles. The van der Waals surface area contributed by atoms with E-state index in [1.54, 1.807) is 12.1 Å². The Morgan fingerprint density at radius 2 is 1.87 bits per heavy atom. The number of hydrazone groups is 1. The lowest BCUT2D eigenvalue weighted by molar-refractivity contribution is -0.384. The number of aliphatic carboxylic acids is 1. The number of carbonyl (C=O) groups is 2. The third-order valence-corrected chi connectivity index (χ3v) is 5.39. The number of carboxylic acids is 1. The first-order valence-electron chi connectivity index (χ1n) is 9.65. The van der Waals surface area contributed by atoms with Crippen LogP contribution in [0.1, 0.15) is 31.7 Å². The Morgan fingerprint density at radius 3 is 2.42 bits per heavy atom. The smallest absolute Gasteiger partial charge is 0.331 e. The molecule has 2 aromatic rings. The van der Waals surface area contributed by atoms with E-state index in [1.165, 1.54) is 35.4 Å². The Kier molecular flexibility index (Phi) is 6.96. The molecule has 1 heterocycles. The first-order chi connectivity index (χ1) is 14.8. The van der Waals surface area contributed by atoms with Crippen LogP contribution in [0.2, 0.25) is 0 Å². The number of nitrogens with zero attached hydrogens (tertiary/aromatic N) is 3. The summed E-state index contributed by atoms with van der Waals surface area (Å²) in [6, 6.07) is 12.7. The lowest BCUT2D eigenvalue weighted by atomic mass is 9.91. The molecule has 0 radical (unpaired) electrons. The molecule has 1 amide bonds. The molecule has 0 aliphatic carbocycles. The number of rotatable bonds is 8. The van der Waals surface area contributed by atoms with E-state index in [0.717, 1.165) is 10.9 Å². The number of carbonyl (C=O) groups excluding carboxylic acids is 1. The van der Waals surface area contributed by atoms with Crippen molar-refractivity contribution in [1.82, 2.24) is 0 Å². The van der Waals surface area contributed by atoms with Crippen molar-refractivity contribution >= 4 is 51.0 Å². The third-order valence-electron chi connectivity index (χ3n) is 4.86. The molecule has 1 atom stereocenters. The second-order valence-corrected chi connectivity index (χ2v) is 7.96. The number of hydrogen-bond donors (Lipinski definition) is 1. The topological polar surface area (TPSA) is 113 Å². The van der Waals surface area contributed by atoms with Gasteiger partial charge < -0.3 is 5.11 Å². The van der Waals surface area contributed by atoms with Crippen LogP contribution in [0, 0.1) is 16.0 Å². The van der Waals surface area contributed by atoms with Gasteiger partial charge in [0.15, 0.2) is 0 Å². The highest BCUT2D eigenvalue weighted by Gasteiger charge is 2.37. The fourth-order valence-corrected chi connectivity index (χ4v) is 3.58. The van der Waals surface area contributed by atoms with Crippen LogP contribution >= 0.6 is 15.9 Å². The van der Waals surface area contributed by atoms with E-state index in [0.29, 0.717) is 23.4 Å². The van der Waals surface area contributed by atoms with Crippen molar-refractivity contribution in [2.75, 3.05) is 5.01 Å². The van der Waals surface area contributed by atoms with Crippen LogP contribution in [-0.2, 0) is 9.59 Å². The van der Waals surface area contributed by atoms with Gasteiger partial charge >= 0.3 is 5.97 Å². The molecule has 8 nitrogen and oxygen atoms in total. The van der Waals surface area contributed by atoms with Gasteiger partial charge in [0.25, 0.3) is 11.6 Å². The van der Waals surface area contributed by atoms with Gasteiger partial charge in [-0.15, -0.1) is 0 Å². The fourth-order valence-electron chi connectivity index (χ4n) is 3.31. The summed E-state index contributed by atoms with van der Waals surface area (Å²) in [6.07, 6.45) is 2.77. The number of anilines is 1. The van der Waals surface area contributed by atoms with Gasteiger partial charge in [0.2, 0.25) is 0 Å². The lowest BCUT2D eigenvalue weighted by Gasteiger charge is -2.15. The molecule has 2 aromatic carbocycles. The maximum absolute atomic E-state index is 13.1. The van der Waals surface area contributed by atoms with Crippen molar-refractivity contribution in [3.8, 4) is 0 Å². The van der Waals surface area contributed by atoms with E-state index in [4.69, 9.17) is 0 Å². The Hall–Kier alpha value is -3.33. The molecular formula is C22H20BrN3O5. The van der Waals surface area contributed by atoms with Crippen LogP contribution in [0.25, 0.3) is 6.08 Å². The number of carboxylic acid groups (broad SMARTS) is 1. The molecule has 0 saturated carbocycles. The predicted molar refractivity (Wildman–Crippen MR) is 121 cm³/mol. The van der Waals surface area contributed by atoms with Gasteiger partial charge in [-0.1, -0.05) is 29.3 Å². The zero-order chi connectivity index (χ0) is 22.5. The van der Waals surface area contributed by atoms with Crippen molar-refractivity contribution in [3.05, 3.63) is 74.3 Å². The number of nitro groups is 1. The summed E-state index contributed by atoms with van der Waals surface area (Å²) >= 11 is 3.36. The standard InChI is InChI=1S/C22H20BrN3O5/c1-2-3-20-19(21(27)25(24-20)17-10-6-16(23)7-11-17)13-15(22(28)29)12-14-4-8-18(9-5-14)26(30)31/h4-12,19H,2-3,13H2,1H3,(H,28,29). The summed E-state index contributed by atoms with van der Waals surface area (Å²) < 4.78 is 0.872. The van der Waals surface area contributed by atoms with Crippen molar-refractivity contribution in [1.29, 1.82) is 0 Å². The minimum absolute atomic E-state index is 0.0168. The minimum atomic E-state index is -1.15. The van der Waals surface area contributed by atoms with E-state index in [9.17, 15) is 24.8 Å². The fraction of sp³-hybridized carbons (Fsp3) is 0.227. The molecule has 9 heteroatoms. The number of benzene rings is 2. The van der Waals surface area contributed by atoms with E-state index in [2.05, 4.69) is 21.0 Å². The summed E-state index contributed by atoms with van der Waals surface area (Å²) in [6.45, 7) is 1.97. The van der Waals surface area contributed by atoms with E-state index in [1.807, 2.05) is 19.1 Å². The van der Waals surface area contributed by atoms with Gasteiger partial charge in [0, 0.05) is 22.2 Å². The molecule has 0 spiro atoms. The maximum atomic E-state index is 13.1. The minimum Gasteiger partial charge on any atom is -0.478 e. The normalized spacial score (nSPS) is 16.4. The zero-order valence-electron chi connectivity index (χ0n) is 16.7. The highest BCUT2D eigenvalue weighted by atomic mass is 79.9. The molecule has 160 valence electrons. The average molecular weight is 486 g/mol. The molecular weight excluding hydrogens is 466 g/mol. The van der Waals surface area contributed by atoms with Crippen molar-refractivity contribution in [3.63, 3.8) is 0 Å². The molecule has 3 rings (SSSR count). The van der Waals surface area contributed by atoms with Crippen molar-refractivity contribution < 1.29 is 19.6 Å². The Balaban J connectivity index is 1.88. The maximum Gasteiger partial charge on any atom is 0.331 e. The van der Waals surface area contributed by atoms with Crippen LogP contribution in [0.5, 0.6) is 0 Å². The summed E-state index contributed by atoms with van der Waals surface area (Å²) in [5.74, 6) is -2.10. The van der Waals surface area contributed by atoms with Gasteiger partial charge in [0.05, 0.1) is 22.2 Å². The molecule has 1 unspecified atom stereocenters. The van der Waals surface area contributed by atoms with Gasteiger partial charge in [-0.2, -0.15) is 5.10 Å². The summed E-state index contributed by atoms with van der Waals surface area (Å²) in [5, 5.41) is 26.3. The highest BCUT2D eigenvalue weighted by molar-refractivity contribution is 9.10. The first-order valence-corrected chi connectivity index (χ1v) is 10.4. The average Bonchev–Trinajstić information content (AvgIpc) is 3.04. The number of nitro benzene ring substituents is 1.